The Morgan fingerprint density at radius 1 is 1.31 bits per heavy atom. The Morgan fingerprint density at radius 3 is 2.62 bits per heavy atom. The van der Waals surface area contributed by atoms with E-state index in [0.29, 0.717) is 37.6 Å². The standard InChI is InChI=1S/C22H33N3O4/c1-4-10-22(17-8-11-24(12-9-17)19(26)14-16(3)5-2)20(27)25(21(28)23-22)15-18-7-6-13-29-18/h6-7,13,16-17H,4-5,8-12,14-15H2,1-3H3,(H,23,28). The SMILES string of the molecule is CCCC1(C2CCN(C(=O)CC(C)CC)CC2)NC(=O)N(Cc2ccco2)C1=O. The maximum absolute atomic E-state index is 13.4. The van der Waals surface area contributed by atoms with Crippen molar-refractivity contribution in [3.8, 4) is 0 Å². The number of rotatable bonds is 8. The van der Waals surface area contributed by atoms with Gasteiger partial charge in [0.1, 0.15) is 11.3 Å². The molecule has 0 saturated carbocycles. The van der Waals surface area contributed by atoms with Gasteiger partial charge in [0.25, 0.3) is 5.91 Å². The number of piperidine rings is 1. The van der Waals surface area contributed by atoms with Gasteiger partial charge in [-0.2, -0.15) is 0 Å². The minimum atomic E-state index is -0.871. The number of likely N-dealkylation sites (tertiary alicyclic amines) is 1. The molecule has 1 aromatic rings. The average molecular weight is 404 g/mol. The third-order valence-electron chi connectivity index (χ3n) is 6.50. The second kappa shape index (κ2) is 9.01. The molecular weight excluding hydrogens is 370 g/mol. The molecule has 2 atom stereocenters. The van der Waals surface area contributed by atoms with Crippen LogP contribution in [-0.4, -0.2) is 46.3 Å². The van der Waals surface area contributed by atoms with Gasteiger partial charge >= 0.3 is 6.03 Å². The Labute approximate surface area is 172 Å². The molecule has 29 heavy (non-hydrogen) atoms. The third-order valence-corrected chi connectivity index (χ3v) is 6.50. The average Bonchev–Trinajstić information content (AvgIpc) is 3.31. The van der Waals surface area contributed by atoms with Crippen molar-refractivity contribution in [1.82, 2.24) is 15.1 Å². The maximum Gasteiger partial charge on any atom is 0.325 e. The van der Waals surface area contributed by atoms with Crippen LogP contribution in [0.2, 0.25) is 0 Å². The van der Waals surface area contributed by atoms with Crippen LogP contribution in [-0.2, 0) is 16.1 Å². The zero-order chi connectivity index (χ0) is 21.0. The van der Waals surface area contributed by atoms with Crippen LogP contribution in [0.5, 0.6) is 0 Å². The second-order valence-corrected chi connectivity index (χ2v) is 8.49. The van der Waals surface area contributed by atoms with E-state index in [2.05, 4.69) is 19.2 Å². The molecule has 0 bridgehead atoms. The number of imide groups is 1. The highest BCUT2D eigenvalue weighted by molar-refractivity contribution is 6.07. The van der Waals surface area contributed by atoms with Gasteiger partial charge in [-0.3, -0.25) is 14.5 Å². The molecule has 2 aliphatic heterocycles. The summed E-state index contributed by atoms with van der Waals surface area (Å²) in [7, 11) is 0. The number of furan rings is 1. The summed E-state index contributed by atoms with van der Waals surface area (Å²) >= 11 is 0. The van der Waals surface area contributed by atoms with Gasteiger partial charge in [0.2, 0.25) is 5.91 Å². The molecular formula is C22H33N3O4. The van der Waals surface area contributed by atoms with Gasteiger partial charge in [-0.05, 0) is 43.2 Å². The van der Waals surface area contributed by atoms with Crippen LogP contribution >= 0.6 is 0 Å². The number of hydrogen-bond acceptors (Lipinski definition) is 4. The Hall–Kier alpha value is -2.31. The summed E-state index contributed by atoms with van der Waals surface area (Å²) in [6.07, 6.45) is 5.98. The Morgan fingerprint density at radius 2 is 2.03 bits per heavy atom. The fourth-order valence-electron chi connectivity index (χ4n) is 4.58. The lowest BCUT2D eigenvalue weighted by Gasteiger charge is -2.41. The van der Waals surface area contributed by atoms with Gasteiger partial charge < -0.3 is 14.6 Å². The van der Waals surface area contributed by atoms with Crippen LogP contribution < -0.4 is 5.32 Å². The van der Waals surface area contributed by atoms with E-state index in [4.69, 9.17) is 4.42 Å². The highest BCUT2D eigenvalue weighted by atomic mass is 16.3. The molecule has 3 heterocycles. The number of amides is 4. The predicted molar refractivity (Wildman–Crippen MR) is 109 cm³/mol. The van der Waals surface area contributed by atoms with Gasteiger partial charge in [-0.1, -0.05) is 33.6 Å². The quantitative estimate of drug-likeness (QED) is 0.673. The first-order valence-electron chi connectivity index (χ1n) is 10.9. The maximum atomic E-state index is 13.4. The minimum Gasteiger partial charge on any atom is -0.467 e. The largest absolute Gasteiger partial charge is 0.467 e. The molecule has 0 radical (unpaired) electrons. The molecule has 2 saturated heterocycles. The Kier molecular flexibility index (Phi) is 6.65. The number of nitrogens with zero attached hydrogens (tertiary/aromatic N) is 2. The summed E-state index contributed by atoms with van der Waals surface area (Å²) in [6, 6.07) is 3.16. The van der Waals surface area contributed by atoms with Crippen LogP contribution in [0, 0.1) is 11.8 Å². The summed E-state index contributed by atoms with van der Waals surface area (Å²) < 4.78 is 5.33. The molecule has 7 heteroatoms. The van der Waals surface area contributed by atoms with E-state index < -0.39 is 5.54 Å². The molecule has 4 amide bonds. The van der Waals surface area contributed by atoms with Crippen molar-refractivity contribution in [3.05, 3.63) is 24.2 Å². The first-order valence-corrected chi connectivity index (χ1v) is 10.9. The fourth-order valence-corrected chi connectivity index (χ4v) is 4.58. The van der Waals surface area contributed by atoms with Gasteiger partial charge in [-0.25, -0.2) is 4.79 Å². The first kappa shape index (κ1) is 21.4. The van der Waals surface area contributed by atoms with Crippen molar-refractivity contribution in [1.29, 1.82) is 0 Å². The zero-order valence-corrected chi connectivity index (χ0v) is 17.8. The van der Waals surface area contributed by atoms with Crippen molar-refractivity contribution >= 4 is 17.8 Å². The monoisotopic (exact) mass is 403 g/mol. The van der Waals surface area contributed by atoms with Gasteiger partial charge in [0.15, 0.2) is 0 Å². The third kappa shape index (κ3) is 4.33. The van der Waals surface area contributed by atoms with Crippen LogP contribution in [0.4, 0.5) is 4.79 Å². The molecule has 1 N–H and O–H groups in total. The molecule has 160 valence electrons. The van der Waals surface area contributed by atoms with Crippen LogP contribution in [0.15, 0.2) is 22.8 Å². The van der Waals surface area contributed by atoms with Crippen LogP contribution in [0.3, 0.4) is 0 Å². The van der Waals surface area contributed by atoms with E-state index in [1.807, 2.05) is 11.8 Å². The summed E-state index contributed by atoms with van der Waals surface area (Å²) in [5, 5.41) is 3.03. The molecule has 0 aliphatic carbocycles. The van der Waals surface area contributed by atoms with Crippen LogP contribution in [0.1, 0.15) is 65.1 Å². The van der Waals surface area contributed by atoms with E-state index in [9.17, 15) is 14.4 Å². The van der Waals surface area contributed by atoms with E-state index in [-0.39, 0.29) is 30.3 Å². The summed E-state index contributed by atoms with van der Waals surface area (Å²) in [4.78, 5) is 41.7. The zero-order valence-electron chi connectivity index (χ0n) is 17.8. The lowest BCUT2D eigenvalue weighted by atomic mass is 9.74. The predicted octanol–water partition coefficient (Wildman–Crippen LogP) is 3.55. The Balaban J connectivity index is 1.69. The summed E-state index contributed by atoms with van der Waals surface area (Å²) in [5.41, 5.74) is -0.871. The molecule has 7 nitrogen and oxygen atoms in total. The second-order valence-electron chi connectivity index (χ2n) is 8.49. The summed E-state index contributed by atoms with van der Waals surface area (Å²) in [6.45, 7) is 7.67. The number of urea groups is 1. The first-order chi connectivity index (χ1) is 13.9. The highest BCUT2D eigenvalue weighted by Crippen LogP contribution is 2.37. The molecule has 1 aromatic heterocycles. The molecule has 0 aromatic carbocycles. The molecule has 2 unspecified atom stereocenters. The smallest absolute Gasteiger partial charge is 0.325 e. The lowest BCUT2D eigenvalue weighted by molar-refractivity contribution is -0.137. The van der Waals surface area contributed by atoms with E-state index in [1.54, 1.807) is 18.4 Å². The fraction of sp³-hybridized carbons (Fsp3) is 0.682. The molecule has 0 spiro atoms. The van der Waals surface area contributed by atoms with Crippen molar-refractivity contribution < 1.29 is 18.8 Å². The van der Waals surface area contributed by atoms with Crippen molar-refractivity contribution in [2.24, 2.45) is 11.8 Å². The molecule has 3 rings (SSSR count). The lowest BCUT2D eigenvalue weighted by Crippen LogP contribution is -2.56. The van der Waals surface area contributed by atoms with E-state index in [0.717, 1.165) is 25.7 Å². The highest BCUT2D eigenvalue weighted by Gasteiger charge is 2.55. The minimum absolute atomic E-state index is 0.0353. The van der Waals surface area contributed by atoms with Gasteiger partial charge in [-0.15, -0.1) is 0 Å². The number of carbonyl (C=O) groups is 3. The Bertz CT molecular complexity index is 724. The normalized spacial score (nSPS) is 24.1. The van der Waals surface area contributed by atoms with Crippen molar-refractivity contribution in [2.45, 2.75) is 71.4 Å². The number of carbonyl (C=O) groups excluding carboxylic acids is 3. The number of nitrogens with one attached hydrogen (secondary N) is 1. The van der Waals surface area contributed by atoms with E-state index >= 15 is 0 Å². The van der Waals surface area contributed by atoms with Gasteiger partial charge in [0, 0.05) is 19.5 Å². The van der Waals surface area contributed by atoms with Crippen molar-refractivity contribution in [3.63, 3.8) is 0 Å². The number of hydrogen-bond donors (Lipinski definition) is 1. The van der Waals surface area contributed by atoms with E-state index in [1.165, 1.54) is 4.90 Å². The topological polar surface area (TPSA) is 82.9 Å². The summed E-state index contributed by atoms with van der Waals surface area (Å²) in [5.74, 6) is 1.05. The molecule has 2 aliphatic rings. The van der Waals surface area contributed by atoms with Crippen LogP contribution in [0.25, 0.3) is 0 Å². The van der Waals surface area contributed by atoms with Crippen molar-refractivity contribution in [2.75, 3.05) is 13.1 Å². The molecule has 2 fully saturated rings. The van der Waals surface area contributed by atoms with Gasteiger partial charge in [0.05, 0.1) is 12.8 Å².